The van der Waals surface area contributed by atoms with Gasteiger partial charge >= 0.3 is 5.97 Å². The van der Waals surface area contributed by atoms with Crippen LogP contribution in [-0.2, 0) is 19.7 Å². The number of carbonyl (C=O) groups excluding carboxylic acids is 1. The first-order chi connectivity index (χ1) is 13.9. The van der Waals surface area contributed by atoms with Crippen LogP contribution in [0.5, 0.6) is 0 Å². The molecule has 0 radical (unpaired) electrons. The zero-order valence-corrected chi connectivity index (χ0v) is 17.5. The summed E-state index contributed by atoms with van der Waals surface area (Å²) in [4.78, 5) is 12.9. The van der Waals surface area contributed by atoms with E-state index in [1.54, 1.807) is 67.6 Å². The Hall–Kier alpha value is -2.68. The summed E-state index contributed by atoms with van der Waals surface area (Å²) in [5.41, 5.74) is -0.673. The molecule has 0 aliphatic heterocycles. The zero-order valence-electron chi connectivity index (χ0n) is 16.6. The molecule has 1 unspecified atom stereocenters. The molecule has 5 heteroatoms. The highest BCUT2D eigenvalue weighted by molar-refractivity contribution is 7.78. The van der Waals surface area contributed by atoms with Gasteiger partial charge in [-0.15, -0.1) is 0 Å². The first-order valence-corrected chi connectivity index (χ1v) is 11.5. The summed E-state index contributed by atoms with van der Waals surface area (Å²) in [6.07, 6.45) is -0.282. The first kappa shape index (κ1) is 21.0. The largest absolute Gasteiger partial charge is 0.464 e. The van der Waals surface area contributed by atoms with Gasteiger partial charge < -0.3 is 14.4 Å². The molecule has 0 saturated heterocycles. The smallest absolute Gasteiger partial charge is 0.343 e. The molecule has 0 heterocycles. The van der Waals surface area contributed by atoms with E-state index in [1.165, 1.54) is 0 Å². The van der Waals surface area contributed by atoms with Crippen molar-refractivity contribution in [2.45, 2.75) is 19.4 Å². The first-order valence-electron chi connectivity index (χ1n) is 9.57. The predicted octanol–water partition coefficient (Wildman–Crippen LogP) is 3.76. The van der Waals surface area contributed by atoms with Crippen LogP contribution in [0, 0.1) is 6.92 Å². The fourth-order valence-electron chi connectivity index (χ4n) is 3.34. The number of benzene rings is 3. The Kier molecular flexibility index (Phi) is 6.36. The van der Waals surface area contributed by atoms with Gasteiger partial charge in [-0.05, 0) is 19.4 Å². The highest BCUT2D eigenvalue weighted by Crippen LogP contribution is 2.48. The van der Waals surface area contributed by atoms with Crippen LogP contribution in [0.1, 0.15) is 18.1 Å². The highest BCUT2D eigenvalue weighted by Gasteiger charge is 2.46. The Morgan fingerprint density at radius 1 is 0.897 bits per heavy atom. The van der Waals surface area contributed by atoms with E-state index in [1.807, 2.05) is 31.2 Å². The third-order valence-corrected chi connectivity index (χ3v) is 8.11. The van der Waals surface area contributed by atoms with E-state index in [-0.39, 0.29) is 12.8 Å². The SMILES string of the molecule is CCOC(=O)C(O)(CP(=O)(c1ccccc1)c1ccccc1)c1ccc(C)cc1. The van der Waals surface area contributed by atoms with E-state index in [0.29, 0.717) is 16.2 Å². The number of ether oxygens (including phenoxy) is 1. The Morgan fingerprint density at radius 2 is 1.38 bits per heavy atom. The minimum Gasteiger partial charge on any atom is -0.464 e. The summed E-state index contributed by atoms with van der Waals surface area (Å²) in [6.45, 7) is 3.72. The van der Waals surface area contributed by atoms with Crippen molar-refractivity contribution in [1.29, 1.82) is 0 Å². The maximum atomic E-state index is 14.4. The number of rotatable bonds is 7. The van der Waals surface area contributed by atoms with Gasteiger partial charge in [0.2, 0.25) is 0 Å². The van der Waals surface area contributed by atoms with E-state index >= 15 is 0 Å². The van der Waals surface area contributed by atoms with Crippen LogP contribution < -0.4 is 10.6 Å². The van der Waals surface area contributed by atoms with Gasteiger partial charge in [0.05, 0.1) is 12.8 Å². The minimum absolute atomic E-state index is 0.119. The standard InChI is InChI=1S/C24H25O4P/c1-3-28-23(25)24(26,20-16-14-19(2)15-17-20)18-29(27,21-10-6-4-7-11-21)22-12-8-5-9-13-22/h4-17,26H,3,18H2,1-2H3. The molecular weight excluding hydrogens is 383 g/mol. The summed E-state index contributed by atoms with van der Waals surface area (Å²) < 4.78 is 19.6. The molecule has 0 bridgehead atoms. The van der Waals surface area contributed by atoms with Crippen LogP contribution in [0.25, 0.3) is 0 Å². The van der Waals surface area contributed by atoms with Crippen molar-refractivity contribution >= 4 is 23.7 Å². The number of aryl methyl sites for hydroxylation is 1. The van der Waals surface area contributed by atoms with Crippen LogP contribution in [0.4, 0.5) is 0 Å². The highest BCUT2D eigenvalue weighted by atomic mass is 31.2. The molecule has 0 amide bonds. The van der Waals surface area contributed by atoms with Crippen LogP contribution in [0.3, 0.4) is 0 Å². The topological polar surface area (TPSA) is 63.6 Å². The number of esters is 1. The van der Waals surface area contributed by atoms with Crippen molar-refractivity contribution in [2.24, 2.45) is 0 Å². The maximum absolute atomic E-state index is 14.4. The molecule has 0 aliphatic rings. The van der Waals surface area contributed by atoms with Gasteiger partial charge in [0.15, 0.2) is 5.60 Å². The van der Waals surface area contributed by atoms with Crippen LogP contribution in [-0.4, -0.2) is 23.8 Å². The minimum atomic E-state index is -3.35. The molecule has 4 nitrogen and oxygen atoms in total. The second-order valence-electron chi connectivity index (χ2n) is 7.02. The average molecular weight is 408 g/mol. The number of hydrogen-bond acceptors (Lipinski definition) is 4. The summed E-state index contributed by atoms with van der Waals surface area (Å²) in [7, 11) is -3.35. The molecule has 29 heavy (non-hydrogen) atoms. The predicted molar refractivity (Wildman–Crippen MR) is 116 cm³/mol. The molecule has 0 saturated carbocycles. The molecule has 0 aliphatic carbocycles. The van der Waals surface area contributed by atoms with Crippen LogP contribution in [0.15, 0.2) is 84.9 Å². The summed E-state index contributed by atoms with van der Waals surface area (Å²) in [6, 6.07) is 25.0. The van der Waals surface area contributed by atoms with Gasteiger partial charge in [0, 0.05) is 10.6 Å². The van der Waals surface area contributed by atoms with Crippen molar-refractivity contribution in [1.82, 2.24) is 0 Å². The third kappa shape index (κ3) is 4.34. The Morgan fingerprint density at radius 3 is 1.83 bits per heavy atom. The van der Waals surface area contributed by atoms with Crippen LogP contribution in [0.2, 0.25) is 0 Å². The van der Waals surface area contributed by atoms with Crippen LogP contribution >= 0.6 is 7.14 Å². The molecule has 0 aromatic heterocycles. The molecule has 1 N–H and O–H groups in total. The number of aliphatic hydroxyl groups is 1. The summed E-state index contributed by atoms with van der Waals surface area (Å²) in [5, 5.41) is 12.8. The monoisotopic (exact) mass is 408 g/mol. The van der Waals surface area contributed by atoms with Gasteiger partial charge in [-0.3, -0.25) is 0 Å². The van der Waals surface area contributed by atoms with E-state index in [2.05, 4.69) is 0 Å². The lowest BCUT2D eigenvalue weighted by molar-refractivity contribution is -0.163. The van der Waals surface area contributed by atoms with Crippen molar-refractivity contribution in [3.8, 4) is 0 Å². The zero-order chi connectivity index (χ0) is 20.9. The van der Waals surface area contributed by atoms with E-state index < -0.39 is 18.7 Å². The lowest BCUT2D eigenvalue weighted by atomic mass is 9.95. The van der Waals surface area contributed by atoms with Crippen molar-refractivity contribution in [3.63, 3.8) is 0 Å². The van der Waals surface area contributed by atoms with Crippen molar-refractivity contribution in [3.05, 3.63) is 96.1 Å². The number of carbonyl (C=O) groups is 1. The van der Waals surface area contributed by atoms with Crippen molar-refractivity contribution < 1.29 is 19.2 Å². The molecule has 3 aromatic rings. The van der Waals surface area contributed by atoms with E-state index in [0.717, 1.165) is 5.56 Å². The molecule has 0 spiro atoms. The van der Waals surface area contributed by atoms with Crippen molar-refractivity contribution in [2.75, 3.05) is 12.8 Å². The molecule has 0 fully saturated rings. The van der Waals surface area contributed by atoms with Gasteiger partial charge in [-0.1, -0.05) is 90.5 Å². The Bertz CT molecular complexity index is 957. The van der Waals surface area contributed by atoms with Gasteiger partial charge in [0.25, 0.3) is 0 Å². The lowest BCUT2D eigenvalue weighted by Crippen LogP contribution is -2.43. The van der Waals surface area contributed by atoms with E-state index in [9.17, 15) is 14.5 Å². The lowest BCUT2D eigenvalue weighted by Gasteiger charge is -2.31. The molecule has 150 valence electrons. The quantitative estimate of drug-likeness (QED) is 0.478. The molecular formula is C24H25O4P. The van der Waals surface area contributed by atoms with Gasteiger partial charge in [0.1, 0.15) is 7.14 Å². The Balaban J connectivity index is 2.17. The average Bonchev–Trinajstić information content (AvgIpc) is 2.75. The molecule has 3 rings (SSSR count). The molecule has 1 atom stereocenters. The van der Waals surface area contributed by atoms with Gasteiger partial charge in [-0.2, -0.15) is 0 Å². The van der Waals surface area contributed by atoms with Gasteiger partial charge in [-0.25, -0.2) is 4.79 Å². The fraction of sp³-hybridized carbons (Fsp3) is 0.208. The molecule has 3 aromatic carbocycles. The fourth-order valence-corrected chi connectivity index (χ4v) is 6.27. The summed E-state index contributed by atoms with van der Waals surface area (Å²) in [5.74, 6) is -0.795. The summed E-state index contributed by atoms with van der Waals surface area (Å²) >= 11 is 0. The maximum Gasteiger partial charge on any atom is 0.343 e. The second-order valence-corrected chi connectivity index (χ2v) is 9.84. The van der Waals surface area contributed by atoms with E-state index in [4.69, 9.17) is 4.74 Å². The number of hydrogen-bond donors (Lipinski definition) is 1. The normalized spacial score (nSPS) is 13.5. The Labute approximate surface area is 171 Å². The third-order valence-electron chi connectivity index (χ3n) is 4.94. The second kappa shape index (κ2) is 8.77.